The van der Waals surface area contributed by atoms with Gasteiger partial charge in [-0.25, -0.2) is 0 Å². The highest BCUT2D eigenvalue weighted by molar-refractivity contribution is 5.81. The molecule has 0 bridgehead atoms. The Balaban J connectivity index is 1.39. The minimum Gasteiger partial charge on any atom is -0.370 e. The van der Waals surface area contributed by atoms with Crippen molar-refractivity contribution >= 4 is 17.6 Å². The maximum Gasteiger partial charge on any atom is 0.223 e. The number of hydrogen-bond donors (Lipinski definition) is 2. The number of nitrogens with zero attached hydrogens (tertiary/aromatic N) is 3. The van der Waals surface area contributed by atoms with E-state index in [2.05, 4.69) is 70.8 Å². The van der Waals surface area contributed by atoms with Crippen molar-refractivity contribution in [1.82, 2.24) is 15.5 Å². The highest BCUT2D eigenvalue weighted by atomic mass is 16.2. The molecule has 6 nitrogen and oxygen atoms in total. The first-order valence-corrected chi connectivity index (χ1v) is 11.7. The maximum absolute atomic E-state index is 12.4. The first-order valence-electron chi connectivity index (χ1n) is 11.7. The van der Waals surface area contributed by atoms with E-state index >= 15 is 0 Å². The van der Waals surface area contributed by atoms with E-state index in [0.29, 0.717) is 12.3 Å². The highest BCUT2D eigenvalue weighted by Gasteiger charge is 2.29. The zero-order valence-electron chi connectivity index (χ0n) is 19.7. The van der Waals surface area contributed by atoms with E-state index in [4.69, 9.17) is 0 Å². The molecule has 0 aliphatic carbocycles. The number of nitrogens with one attached hydrogen (secondary N) is 2. The Morgan fingerprint density at radius 2 is 1.88 bits per heavy atom. The predicted molar refractivity (Wildman–Crippen MR) is 133 cm³/mol. The topological polar surface area (TPSA) is 60.0 Å². The Bertz CT molecular complexity index is 883. The third kappa shape index (κ3) is 6.74. The molecule has 32 heavy (non-hydrogen) atoms. The zero-order chi connectivity index (χ0) is 22.8. The van der Waals surface area contributed by atoms with E-state index < -0.39 is 0 Å². The van der Waals surface area contributed by atoms with Crippen molar-refractivity contribution in [3.05, 3.63) is 65.7 Å². The molecule has 1 amide bonds. The average Bonchev–Trinajstić information content (AvgIpc) is 3.18. The fourth-order valence-corrected chi connectivity index (χ4v) is 4.25. The molecule has 1 aliphatic heterocycles. The number of likely N-dealkylation sites (N-methyl/N-ethyl adjacent to an activating group) is 1. The molecule has 172 valence electrons. The largest absolute Gasteiger partial charge is 0.370 e. The molecule has 0 spiro atoms. The van der Waals surface area contributed by atoms with Gasteiger partial charge in [-0.05, 0) is 37.5 Å². The van der Waals surface area contributed by atoms with E-state index in [-0.39, 0.29) is 5.91 Å². The van der Waals surface area contributed by atoms with E-state index in [1.165, 1.54) is 16.8 Å². The van der Waals surface area contributed by atoms with Gasteiger partial charge in [0.15, 0.2) is 5.96 Å². The van der Waals surface area contributed by atoms with Crippen molar-refractivity contribution in [1.29, 1.82) is 0 Å². The summed E-state index contributed by atoms with van der Waals surface area (Å²) in [5.41, 5.74) is 3.85. The molecule has 1 aliphatic rings. The van der Waals surface area contributed by atoms with Gasteiger partial charge in [-0.2, -0.15) is 0 Å². The van der Waals surface area contributed by atoms with Gasteiger partial charge in [0.05, 0.1) is 0 Å². The standard InChI is InChI=1S/C26H37N5O/c1-4-30(24-13-9-8-10-21(24)2)17-15-28-26(27-3)29-19-23-18-25(32)31(20-23)16-14-22-11-6-5-7-12-22/h5-13,23H,4,14-20H2,1-3H3,(H2,27,28,29). The molecule has 1 fully saturated rings. The fourth-order valence-electron chi connectivity index (χ4n) is 4.25. The maximum atomic E-state index is 12.4. The summed E-state index contributed by atoms with van der Waals surface area (Å²) >= 11 is 0. The van der Waals surface area contributed by atoms with Crippen molar-refractivity contribution in [3.8, 4) is 0 Å². The lowest BCUT2D eigenvalue weighted by molar-refractivity contribution is -0.127. The Hall–Kier alpha value is -3.02. The lowest BCUT2D eigenvalue weighted by Crippen LogP contribution is -2.43. The smallest absolute Gasteiger partial charge is 0.223 e. The van der Waals surface area contributed by atoms with Gasteiger partial charge in [0.1, 0.15) is 0 Å². The fraction of sp³-hybridized carbons (Fsp3) is 0.462. The van der Waals surface area contributed by atoms with Gasteiger partial charge in [0, 0.05) is 64.3 Å². The summed E-state index contributed by atoms with van der Waals surface area (Å²) in [5.74, 6) is 1.37. The highest BCUT2D eigenvalue weighted by Crippen LogP contribution is 2.19. The summed E-state index contributed by atoms with van der Waals surface area (Å²) in [6.07, 6.45) is 1.51. The minimum atomic E-state index is 0.257. The normalized spacial score (nSPS) is 16.3. The van der Waals surface area contributed by atoms with Crippen LogP contribution in [0, 0.1) is 12.8 Å². The number of carbonyl (C=O) groups is 1. The van der Waals surface area contributed by atoms with Crippen LogP contribution in [0.25, 0.3) is 0 Å². The van der Waals surface area contributed by atoms with Crippen LogP contribution in [0.5, 0.6) is 0 Å². The average molecular weight is 436 g/mol. The second kappa shape index (κ2) is 12.1. The van der Waals surface area contributed by atoms with Gasteiger partial charge in [-0.1, -0.05) is 48.5 Å². The Morgan fingerprint density at radius 1 is 1.12 bits per heavy atom. The molecule has 1 saturated heterocycles. The monoisotopic (exact) mass is 435 g/mol. The van der Waals surface area contributed by atoms with E-state index in [1.807, 2.05) is 23.1 Å². The van der Waals surface area contributed by atoms with Gasteiger partial charge < -0.3 is 20.4 Å². The van der Waals surface area contributed by atoms with Crippen LogP contribution in [0.3, 0.4) is 0 Å². The molecular formula is C26H37N5O. The molecule has 3 rings (SSSR count). The number of guanidine groups is 1. The Morgan fingerprint density at radius 3 is 2.59 bits per heavy atom. The second-order valence-corrected chi connectivity index (χ2v) is 8.39. The summed E-state index contributed by atoms with van der Waals surface area (Å²) < 4.78 is 0. The molecule has 1 unspecified atom stereocenters. The number of aliphatic imine (C=N–C) groups is 1. The predicted octanol–water partition coefficient (Wildman–Crippen LogP) is 3.08. The summed E-state index contributed by atoms with van der Waals surface area (Å²) in [4.78, 5) is 21.1. The van der Waals surface area contributed by atoms with E-state index in [1.54, 1.807) is 7.05 Å². The van der Waals surface area contributed by atoms with Crippen LogP contribution < -0.4 is 15.5 Å². The molecule has 2 aromatic carbocycles. The van der Waals surface area contributed by atoms with Gasteiger partial charge in [-0.15, -0.1) is 0 Å². The van der Waals surface area contributed by atoms with Crippen molar-refractivity contribution < 1.29 is 4.79 Å². The number of para-hydroxylation sites is 1. The van der Waals surface area contributed by atoms with Crippen molar-refractivity contribution in [2.75, 3.05) is 51.2 Å². The Labute approximate surface area is 192 Å². The number of benzene rings is 2. The number of hydrogen-bond acceptors (Lipinski definition) is 3. The Kier molecular flexibility index (Phi) is 8.96. The molecule has 1 atom stereocenters. The number of amides is 1. The molecule has 0 aromatic heterocycles. The summed E-state index contributed by atoms with van der Waals surface area (Å²) in [6.45, 7) is 9.35. The molecular weight excluding hydrogens is 398 g/mol. The van der Waals surface area contributed by atoms with E-state index in [0.717, 1.165) is 51.6 Å². The first-order chi connectivity index (χ1) is 15.6. The number of likely N-dealkylation sites (tertiary alicyclic amines) is 1. The second-order valence-electron chi connectivity index (χ2n) is 8.39. The lowest BCUT2D eigenvalue weighted by Gasteiger charge is -2.25. The summed E-state index contributed by atoms with van der Waals surface area (Å²) in [6, 6.07) is 18.8. The molecule has 6 heteroatoms. The van der Waals surface area contributed by atoms with Crippen molar-refractivity contribution in [2.24, 2.45) is 10.9 Å². The molecule has 2 aromatic rings. The third-order valence-corrected chi connectivity index (χ3v) is 6.10. The molecule has 1 heterocycles. The van der Waals surface area contributed by atoms with Gasteiger partial charge in [0.2, 0.25) is 5.91 Å². The van der Waals surface area contributed by atoms with Crippen LogP contribution in [-0.2, 0) is 11.2 Å². The SMILES string of the molecule is CCN(CCNC(=NC)NCC1CC(=O)N(CCc2ccccc2)C1)c1ccccc1C. The van der Waals surface area contributed by atoms with Crippen molar-refractivity contribution in [2.45, 2.75) is 26.7 Å². The summed E-state index contributed by atoms with van der Waals surface area (Å²) in [5, 5.41) is 6.83. The number of aryl methyl sites for hydroxylation is 1. The lowest BCUT2D eigenvalue weighted by atomic mass is 10.1. The van der Waals surface area contributed by atoms with E-state index in [9.17, 15) is 4.79 Å². The van der Waals surface area contributed by atoms with Crippen LogP contribution in [0.1, 0.15) is 24.5 Å². The van der Waals surface area contributed by atoms with Crippen LogP contribution in [0.2, 0.25) is 0 Å². The van der Waals surface area contributed by atoms with Gasteiger partial charge >= 0.3 is 0 Å². The van der Waals surface area contributed by atoms with Crippen LogP contribution in [-0.4, -0.2) is 63.1 Å². The number of anilines is 1. The van der Waals surface area contributed by atoms with Crippen LogP contribution in [0.15, 0.2) is 59.6 Å². The number of carbonyl (C=O) groups excluding carboxylic acids is 1. The van der Waals surface area contributed by atoms with Crippen LogP contribution >= 0.6 is 0 Å². The van der Waals surface area contributed by atoms with Gasteiger partial charge in [-0.3, -0.25) is 9.79 Å². The molecule has 0 saturated carbocycles. The third-order valence-electron chi connectivity index (χ3n) is 6.10. The summed E-state index contributed by atoms with van der Waals surface area (Å²) in [7, 11) is 1.79. The minimum absolute atomic E-state index is 0.257. The van der Waals surface area contributed by atoms with Crippen molar-refractivity contribution in [3.63, 3.8) is 0 Å². The quantitative estimate of drug-likeness (QED) is 0.445. The number of rotatable bonds is 10. The van der Waals surface area contributed by atoms with Gasteiger partial charge in [0.25, 0.3) is 0 Å². The molecule has 0 radical (unpaired) electrons. The van der Waals surface area contributed by atoms with Crippen LogP contribution in [0.4, 0.5) is 5.69 Å². The molecule has 2 N–H and O–H groups in total. The first kappa shape index (κ1) is 23.6. The zero-order valence-corrected chi connectivity index (χ0v) is 19.7.